The van der Waals surface area contributed by atoms with Gasteiger partial charge < -0.3 is 9.64 Å². The van der Waals surface area contributed by atoms with Crippen LogP contribution in [0.5, 0.6) is 5.88 Å². The highest BCUT2D eigenvalue weighted by Crippen LogP contribution is 2.36. The van der Waals surface area contributed by atoms with Gasteiger partial charge in [0.15, 0.2) is 0 Å². The average molecular weight is 338 g/mol. The molecule has 0 unspecified atom stereocenters. The summed E-state index contributed by atoms with van der Waals surface area (Å²) in [4.78, 5) is 31.0. The number of hydrogen-bond acceptors (Lipinski definition) is 4. The lowest BCUT2D eigenvalue weighted by molar-refractivity contribution is -0.124. The molecule has 0 bridgehead atoms. The lowest BCUT2D eigenvalue weighted by Crippen LogP contribution is -2.48. The summed E-state index contributed by atoms with van der Waals surface area (Å²) in [6.07, 6.45) is 2.85. The highest BCUT2D eigenvalue weighted by molar-refractivity contribution is 5.95. The molecule has 2 heterocycles. The molecule has 1 fully saturated rings. The van der Waals surface area contributed by atoms with E-state index in [1.165, 1.54) is 7.11 Å². The third kappa shape index (κ3) is 3.27. The lowest BCUT2D eigenvalue weighted by Gasteiger charge is -2.40. The summed E-state index contributed by atoms with van der Waals surface area (Å²) >= 11 is 0. The Labute approximate surface area is 147 Å². The Balaban J connectivity index is 1.78. The Hall–Kier alpha value is -2.69. The summed E-state index contributed by atoms with van der Waals surface area (Å²) in [6.45, 7) is 2.76. The molecule has 0 spiro atoms. The first-order valence-corrected chi connectivity index (χ1v) is 8.43. The van der Waals surface area contributed by atoms with Crippen molar-refractivity contribution in [2.24, 2.45) is 0 Å². The smallest absolute Gasteiger partial charge is 0.254 e. The molecule has 5 heteroatoms. The zero-order valence-corrected chi connectivity index (χ0v) is 14.6. The van der Waals surface area contributed by atoms with Gasteiger partial charge in [-0.25, -0.2) is 4.98 Å². The predicted molar refractivity (Wildman–Crippen MR) is 94.7 cm³/mol. The number of likely N-dealkylation sites (tertiary alicyclic amines) is 1. The number of hydrogen-bond donors (Lipinski definition) is 0. The molecule has 0 radical (unpaired) electrons. The number of Topliss-reactive ketones (excluding diaryl/α,β-unsaturated/α-hetero) is 1. The molecule has 1 aromatic heterocycles. The van der Waals surface area contributed by atoms with Crippen LogP contribution in [0.1, 0.15) is 35.7 Å². The van der Waals surface area contributed by atoms with Crippen LogP contribution in [0, 0.1) is 0 Å². The van der Waals surface area contributed by atoms with E-state index in [-0.39, 0.29) is 11.7 Å². The molecule has 1 aromatic carbocycles. The van der Waals surface area contributed by atoms with Crippen molar-refractivity contribution < 1.29 is 14.3 Å². The maximum absolute atomic E-state index is 12.7. The summed E-state index contributed by atoms with van der Waals surface area (Å²) in [5, 5.41) is 0. The monoisotopic (exact) mass is 338 g/mol. The second-order valence-corrected chi connectivity index (χ2v) is 6.38. The molecule has 0 atom stereocenters. The first kappa shape index (κ1) is 17.1. The Morgan fingerprint density at radius 2 is 1.80 bits per heavy atom. The van der Waals surface area contributed by atoms with E-state index in [0.717, 1.165) is 5.56 Å². The van der Waals surface area contributed by atoms with Crippen LogP contribution in [0.2, 0.25) is 0 Å². The first-order chi connectivity index (χ1) is 12.1. The highest BCUT2D eigenvalue weighted by Gasteiger charge is 2.41. The summed E-state index contributed by atoms with van der Waals surface area (Å²) < 4.78 is 5.09. The molecule has 0 aliphatic carbocycles. The van der Waals surface area contributed by atoms with Crippen molar-refractivity contribution >= 4 is 11.7 Å². The van der Waals surface area contributed by atoms with Crippen molar-refractivity contribution in [1.29, 1.82) is 0 Å². The van der Waals surface area contributed by atoms with Gasteiger partial charge in [-0.1, -0.05) is 30.3 Å². The van der Waals surface area contributed by atoms with Crippen molar-refractivity contribution in [3.8, 4) is 5.88 Å². The maximum Gasteiger partial charge on any atom is 0.254 e. The number of benzene rings is 1. The van der Waals surface area contributed by atoms with Crippen molar-refractivity contribution in [2.45, 2.75) is 25.2 Å². The van der Waals surface area contributed by atoms with Gasteiger partial charge in [0.25, 0.3) is 5.91 Å². The van der Waals surface area contributed by atoms with Crippen molar-refractivity contribution in [1.82, 2.24) is 9.88 Å². The molecule has 3 rings (SSSR count). The quantitative estimate of drug-likeness (QED) is 0.860. The van der Waals surface area contributed by atoms with Gasteiger partial charge in [0.05, 0.1) is 12.5 Å². The Morgan fingerprint density at radius 3 is 2.40 bits per heavy atom. The van der Waals surface area contributed by atoms with Crippen molar-refractivity contribution in [2.75, 3.05) is 20.2 Å². The van der Waals surface area contributed by atoms with Gasteiger partial charge in [0.2, 0.25) is 5.88 Å². The molecule has 2 aromatic rings. The predicted octanol–water partition coefficient (Wildman–Crippen LogP) is 2.85. The van der Waals surface area contributed by atoms with Crippen molar-refractivity contribution in [3.63, 3.8) is 0 Å². The van der Waals surface area contributed by atoms with Gasteiger partial charge >= 0.3 is 0 Å². The number of nitrogens with zero attached hydrogens (tertiary/aromatic N) is 2. The fraction of sp³-hybridized carbons (Fsp3) is 0.350. The molecule has 0 saturated carbocycles. The van der Waals surface area contributed by atoms with Gasteiger partial charge in [-0.05, 0) is 31.4 Å². The van der Waals surface area contributed by atoms with Crippen LogP contribution in [-0.2, 0) is 10.2 Å². The fourth-order valence-corrected chi connectivity index (χ4v) is 3.53. The standard InChI is InChI=1S/C20H22N2O3/c1-15(23)20(17-6-4-3-5-7-17)9-12-22(13-10-20)19(24)16-8-11-21-18(14-16)25-2/h3-8,11,14H,9-10,12-13H2,1-2H3. The van der Waals surface area contributed by atoms with Crippen molar-refractivity contribution in [3.05, 3.63) is 59.8 Å². The minimum absolute atomic E-state index is 0.0501. The second kappa shape index (κ2) is 7.05. The van der Waals surface area contributed by atoms with E-state index in [2.05, 4.69) is 4.98 Å². The Kier molecular flexibility index (Phi) is 4.83. The zero-order valence-electron chi connectivity index (χ0n) is 14.6. The molecular formula is C20H22N2O3. The molecule has 1 aliphatic rings. The molecule has 25 heavy (non-hydrogen) atoms. The van der Waals surface area contributed by atoms with Crippen LogP contribution in [-0.4, -0.2) is 41.8 Å². The van der Waals surface area contributed by atoms with Gasteiger partial charge in [0, 0.05) is 30.9 Å². The molecule has 1 saturated heterocycles. The van der Waals surface area contributed by atoms with Gasteiger partial charge in [-0.2, -0.15) is 0 Å². The molecule has 5 nitrogen and oxygen atoms in total. The van der Waals surface area contributed by atoms with E-state index in [0.29, 0.717) is 37.4 Å². The number of rotatable bonds is 4. The van der Waals surface area contributed by atoms with E-state index in [4.69, 9.17) is 4.74 Å². The van der Waals surface area contributed by atoms with E-state index >= 15 is 0 Å². The third-order valence-electron chi connectivity index (χ3n) is 5.10. The topological polar surface area (TPSA) is 59.5 Å². The number of carbonyl (C=O) groups excluding carboxylic acids is 2. The van der Waals surface area contributed by atoms with E-state index < -0.39 is 5.41 Å². The minimum atomic E-state index is -0.492. The maximum atomic E-state index is 12.7. The van der Waals surface area contributed by atoms with Gasteiger partial charge in [-0.3, -0.25) is 9.59 Å². The second-order valence-electron chi connectivity index (χ2n) is 6.38. The molecule has 1 aliphatic heterocycles. The molecule has 1 amide bonds. The summed E-state index contributed by atoms with van der Waals surface area (Å²) in [5.41, 5.74) is 1.11. The summed E-state index contributed by atoms with van der Waals surface area (Å²) in [7, 11) is 1.53. The van der Waals surface area contributed by atoms with E-state index in [1.54, 1.807) is 30.2 Å². The molecule has 130 valence electrons. The zero-order chi connectivity index (χ0) is 17.9. The third-order valence-corrected chi connectivity index (χ3v) is 5.10. The fourth-order valence-electron chi connectivity index (χ4n) is 3.53. The number of piperidine rings is 1. The summed E-state index contributed by atoms with van der Waals surface area (Å²) in [5.74, 6) is 0.535. The van der Waals surface area contributed by atoms with Crippen LogP contribution in [0.4, 0.5) is 0 Å². The summed E-state index contributed by atoms with van der Waals surface area (Å²) in [6, 6.07) is 13.2. The molecular weight excluding hydrogens is 316 g/mol. The number of methoxy groups -OCH3 is 1. The first-order valence-electron chi connectivity index (χ1n) is 8.43. The van der Waals surface area contributed by atoms with Gasteiger partial charge in [0.1, 0.15) is 5.78 Å². The Bertz CT molecular complexity index is 766. The number of amides is 1. The minimum Gasteiger partial charge on any atom is -0.481 e. The lowest BCUT2D eigenvalue weighted by atomic mass is 9.70. The average Bonchev–Trinajstić information content (AvgIpc) is 2.68. The normalized spacial score (nSPS) is 16.3. The van der Waals surface area contributed by atoms with Crippen LogP contribution in [0.3, 0.4) is 0 Å². The molecule has 0 N–H and O–H groups in total. The van der Waals surface area contributed by atoms with Gasteiger partial charge in [-0.15, -0.1) is 0 Å². The van der Waals surface area contributed by atoms with E-state index in [9.17, 15) is 9.59 Å². The number of aromatic nitrogens is 1. The number of carbonyl (C=O) groups is 2. The number of pyridine rings is 1. The largest absolute Gasteiger partial charge is 0.481 e. The number of ketones is 1. The van der Waals surface area contributed by atoms with E-state index in [1.807, 2.05) is 30.3 Å². The van der Waals surface area contributed by atoms with Crippen LogP contribution < -0.4 is 4.74 Å². The van der Waals surface area contributed by atoms with Crippen LogP contribution in [0.25, 0.3) is 0 Å². The highest BCUT2D eigenvalue weighted by atomic mass is 16.5. The number of ether oxygens (including phenoxy) is 1. The SMILES string of the molecule is COc1cc(C(=O)N2CCC(C(C)=O)(c3ccccc3)CC2)ccn1. The Morgan fingerprint density at radius 1 is 1.12 bits per heavy atom. The van der Waals surface area contributed by atoms with Crippen LogP contribution >= 0.6 is 0 Å². The van der Waals surface area contributed by atoms with Crippen LogP contribution in [0.15, 0.2) is 48.7 Å².